The normalized spacial score (nSPS) is 16.7. The van der Waals surface area contributed by atoms with Gasteiger partial charge in [0.25, 0.3) is 0 Å². The van der Waals surface area contributed by atoms with E-state index >= 15 is 0 Å². The van der Waals surface area contributed by atoms with Crippen LogP contribution < -0.4 is 16.0 Å². The number of benzene rings is 1. The van der Waals surface area contributed by atoms with E-state index in [1.165, 1.54) is 19.8 Å². The first kappa shape index (κ1) is 18.5. The van der Waals surface area contributed by atoms with Crippen molar-refractivity contribution < 1.29 is 9.59 Å². The molecule has 1 atom stereocenters. The summed E-state index contributed by atoms with van der Waals surface area (Å²) in [5, 5.41) is 9.04. The zero-order chi connectivity index (χ0) is 15.1. The predicted molar refractivity (Wildman–Crippen MR) is 90.1 cm³/mol. The molecule has 1 aromatic carbocycles. The molecule has 122 valence electrons. The fraction of sp³-hybridized carbons (Fsp3) is 0.500. The van der Waals surface area contributed by atoms with Crippen LogP contribution in [0.25, 0.3) is 0 Å². The molecule has 0 bridgehead atoms. The number of amides is 2. The van der Waals surface area contributed by atoms with Gasteiger partial charge in [0.15, 0.2) is 0 Å². The minimum absolute atomic E-state index is 0. The average Bonchev–Trinajstić information content (AvgIpc) is 2.97. The molecular weight excluding hydrogens is 302 g/mol. The Hall–Kier alpha value is -1.59. The van der Waals surface area contributed by atoms with E-state index in [0.717, 1.165) is 24.2 Å². The Labute approximate surface area is 137 Å². The summed E-state index contributed by atoms with van der Waals surface area (Å²) in [6.07, 6.45) is 3.87. The van der Waals surface area contributed by atoms with Gasteiger partial charge in [-0.15, -0.1) is 12.4 Å². The van der Waals surface area contributed by atoms with Crippen LogP contribution in [0.1, 0.15) is 38.2 Å². The maximum atomic E-state index is 11.8. The third kappa shape index (κ3) is 6.45. The van der Waals surface area contributed by atoms with E-state index in [0.29, 0.717) is 19.0 Å². The van der Waals surface area contributed by atoms with Gasteiger partial charge < -0.3 is 16.0 Å². The molecule has 1 heterocycles. The molecule has 0 radical (unpaired) electrons. The molecule has 5 nitrogen and oxygen atoms in total. The minimum Gasteiger partial charge on any atom is -0.352 e. The molecule has 1 aliphatic rings. The molecule has 0 saturated carbocycles. The van der Waals surface area contributed by atoms with Crippen molar-refractivity contribution in [3.8, 4) is 0 Å². The largest absolute Gasteiger partial charge is 0.352 e. The summed E-state index contributed by atoms with van der Waals surface area (Å²) in [6, 6.07) is 8.00. The van der Waals surface area contributed by atoms with Gasteiger partial charge in [0.05, 0.1) is 0 Å². The number of hydrogen-bond donors (Lipinski definition) is 3. The first-order valence-corrected chi connectivity index (χ1v) is 7.50. The number of nitrogens with one attached hydrogen (secondary N) is 3. The van der Waals surface area contributed by atoms with Crippen LogP contribution in [0.15, 0.2) is 24.3 Å². The lowest BCUT2D eigenvalue weighted by atomic mass is 10.1. The van der Waals surface area contributed by atoms with E-state index in [4.69, 9.17) is 0 Å². The van der Waals surface area contributed by atoms with Gasteiger partial charge in [-0.2, -0.15) is 0 Å². The summed E-state index contributed by atoms with van der Waals surface area (Å²) < 4.78 is 0. The van der Waals surface area contributed by atoms with Gasteiger partial charge in [0.1, 0.15) is 0 Å². The Bertz CT molecular complexity index is 485. The first-order valence-electron chi connectivity index (χ1n) is 7.50. The van der Waals surface area contributed by atoms with E-state index in [1.807, 2.05) is 24.3 Å². The predicted octanol–water partition coefficient (Wildman–Crippen LogP) is 2.22. The zero-order valence-corrected chi connectivity index (χ0v) is 13.7. The van der Waals surface area contributed by atoms with E-state index in [1.54, 1.807) is 0 Å². The summed E-state index contributed by atoms with van der Waals surface area (Å²) >= 11 is 0. The number of halogens is 1. The monoisotopic (exact) mass is 325 g/mol. The van der Waals surface area contributed by atoms with E-state index in [2.05, 4.69) is 16.0 Å². The molecule has 2 amide bonds. The Balaban J connectivity index is 0.00000242. The van der Waals surface area contributed by atoms with Crippen molar-refractivity contribution in [3.63, 3.8) is 0 Å². The summed E-state index contributed by atoms with van der Waals surface area (Å²) in [5.74, 6) is 0.00575. The average molecular weight is 326 g/mol. The van der Waals surface area contributed by atoms with Crippen LogP contribution in [0, 0.1) is 0 Å². The highest BCUT2D eigenvalue weighted by molar-refractivity contribution is 5.88. The molecule has 1 unspecified atom stereocenters. The lowest BCUT2D eigenvalue weighted by Gasteiger charge is -2.10. The summed E-state index contributed by atoms with van der Waals surface area (Å²) in [4.78, 5) is 22.7. The second-order valence-corrected chi connectivity index (χ2v) is 5.49. The molecule has 1 fully saturated rings. The Morgan fingerprint density at radius 3 is 2.59 bits per heavy atom. The molecule has 2 rings (SSSR count). The van der Waals surface area contributed by atoms with Crippen molar-refractivity contribution in [3.05, 3.63) is 29.8 Å². The SMILES string of the molecule is CC(=O)Nc1ccc(CNC(=O)CCC2CCCN2)cc1.Cl. The van der Waals surface area contributed by atoms with Gasteiger partial charge in [-0.25, -0.2) is 0 Å². The van der Waals surface area contributed by atoms with Gasteiger partial charge in [-0.05, 0) is 43.5 Å². The molecule has 0 spiro atoms. The maximum Gasteiger partial charge on any atom is 0.221 e. The van der Waals surface area contributed by atoms with Crippen molar-refractivity contribution in [2.45, 2.75) is 45.2 Å². The van der Waals surface area contributed by atoms with Crippen LogP contribution in [0.3, 0.4) is 0 Å². The fourth-order valence-electron chi connectivity index (χ4n) is 2.51. The third-order valence-electron chi connectivity index (χ3n) is 3.65. The molecule has 1 aliphatic heterocycles. The number of carbonyl (C=O) groups is 2. The van der Waals surface area contributed by atoms with E-state index in [9.17, 15) is 9.59 Å². The highest BCUT2D eigenvalue weighted by Gasteiger charge is 2.14. The van der Waals surface area contributed by atoms with Crippen LogP contribution >= 0.6 is 12.4 Å². The van der Waals surface area contributed by atoms with Crippen molar-refractivity contribution in [1.29, 1.82) is 0 Å². The highest BCUT2D eigenvalue weighted by Crippen LogP contribution is 2.11. The fourth-order valence-corrected chi connectivity index (χ4v) is 2.51. The standard InChI is InChI=1S/C16H23N3O2.ClH/c1-12(20)19-15-6-4-13(5-7-15)11-18-16(21)9-8-14-3-2-10-17-14;/h4-7,14,17H,2-3,8-11H2,1H3,(H,18,21)(H,19,20);1H. The van der Waals surface area contributed by atoms with E-state index in [-0.39, 0.29) is 24.2 Å². The molecule has 6 heteroatoms. The molecule has 1 aromatic rings. The topological polar surface area (TPSA) is 70.2 Å². The van der Waals surface area contributed by atoms with Gasteiger partial charge >= 0.3 is 0 Å². The number of carbonyl (C=O) groups excluding carboxylic acids is 2. The lowest BCUT2D eigenvalue weighted by Crippen LogP contribution is -2.27. The molecule has 0 aromatic heterocycles. The summed E-state index contributed by atoms with van der Waals surface area (Å²) in [5.41, 5.74) is 1.79. The third-order valence-corrected chi connectivity index (χ3v) is 3.65. The van der Waals surface area contributed by atoms with Gasteiger partial charge in [-0.1, -0.05) is 12.1 Å². The second kappa shape index (κ2) is 9.43. The number of hydrogen-bond acceptors (Lipinski definition) is 3. The van der Waals surface area contributed by atoms with Crippen LogP contribution in [0.4, 0.5) is 5.69 Å². The minimum atomic E-state index is -0.0865. The van der Waals surface area contributed by atoms with Crippen LogP contribution in [0.5, 0.6) is 0 Å². The number of anilines is 1. The van der Waals surface area contributed by atoms with Crippen LogP contribution in [0.2, 0.25) is 0 Å². The first-order chi connectivity index (χ1) is 10.1. The summed E-state index contributed by atoms with van der Waals surface area (Å²) in [7, 11) is 0. The quantitative estimate of drug-likeness (QED) is 0.751. The number of rotatable bonds is 6. The van der Waals surface area contributed by atoms with Gasteiger partial charge in [0, 0.05) is 31.6 Å². The van der Waals surface area contributed by atoms with Gasteiger partial charge in [0.2, 0.25) is 11.8 Å². The Morgan fingerprint density at radius 2 is 2.00 bits per heavy atom. The molecule has 22 heavy (non-hydrogen) atoms. The van der Waals surface area contributed by atoms with Crippen LogP contribution in [-0.4, -0.2) is 24.4 Å². The smallest absolute Gasteiger partial charge is 0.221 e. The molecule has 1 saturated heterocycles. The lowest BCUT2D eigenvalue weighted by molar-refractivity contribution is -0.121. The van der Waals surface area contributed by atoms with Gasteiger partial charge in [-0.3, -0.25) is 9.59 Å². The maximum absolute atomic E-state index is 11.8. The zero-order valence-electron chi connectivity index (χ0n) is 12.9. The molecule has 0 aliphatic carbocycles. The molecule has 3 N–H and O–H groups in total. The van der Waals surface area contributed by atoms with Crippen molar-refractivity contribution in [2.24, 2.45) is 0 Å². The highest BCUT2D eigenvalue weighted by atomic mass is 35.5. The van der Waals surface area contributed by atoms with Crippen molar-refractivity contribution in [2.75, 3.05) is 11.9 Å². The van der Waals surface area contributed by atoms with E-state index < -0.39 is 0 Å². The Morgan fingerprint density at radius 1 is 1.27 bits per heavy atom. The molecular formula is C16H24ClN3O2. The van der Waals surface area contributed by atoms with Crippen molar-refractivity contribution in [1.82, 2.24) is 10.6 Å². The Kier molecular flexibility index (Phi) is 7.91. The van der Waals surface area contributed by atoms with Crippen LogP contribution in [-0.2, 0) is 16.1 Å². The second-order valence-electron chi connectivity index (χ2n) is 5.49. The summed E-state index contributed by atoms with van der Waals surface area (Å²) in [6.45, 7) is 3.08. The van der Waals surface area contributed by atoms with Crippen molar-refractivity contribution >= 4 is 29.9 Å².